The topological polar surface area (TPSA) is 65.7 Å². The standard InChI is InChI=1S/C22H25N3O4S/c1-23-15(11-20(26)24(2)22(23)27)13-25-8-7-14-10-17(28-3)18(29-4)12-16(14)21(25)19-6-5-9-30-19/h5-6,9-12,21H,7-8,13H2,1-4H3/t21-/m1/s1. The van der Waals surface area contributed by atoms with E-state index in [0.717, 1.165) is 28.8 Å². The van der Waals surface area contributed by atoms with E-state index < -0.39 is 0 Å². The molecular formula is C22H25N3O4S. The number of fused-ring (bicyclic) bond motifs is 1. The zero-order valence-electron chi connectivity index (χ0n) is 17.5. The molecule has 158 valence electrons. The van der Waals surface area contributed by atoms with Gasteiger partial charge in [-0.25, -0.2) is 4.79 Å². The summed E-state index contributed by atoms with van der Waals surface area (Å²) < 4.78 is 13.7. The predicted octanol–water partition coefficient (Wildman–Crippen LogP) is 2.31. The molecule has 0 fully saturated rings. The van der Waals surface area contributed by atoms with Crippen molar-refractivity contribution in [3.63, 3.8) is 0 Å². The average Bonchev–Trinajstić information content (AvgIpc) is 3.29. The first-order valence-electron chi connectivity index (χ1n) is 9.72. The molecule has 0 amide bonds. The Balaban J connectivity index is 1.81. The van der Waals surface area contributed by atoms with Crippen LogP contribution in [0.5, 0.6) is 11.5 Å². The minimum atomic E-state index is -0.311. The fraction of sp³-hybridized carbons (Fsp3) is 0.364. The van der Waals surface area contributed by atoms with Gasteiger partial charge in [-0.15, -0.1) is 11.3 Å². The normalized spacial score (nSPS) is 16.3. The smallest absolute Gasteiger partial charge is 0.330 e. The van der Waals surface area contributed by atoms with E-state index in [-0.39, 0.29) is 17.3 Å². The maximum atomic E-state index is 12.4. The van der Waals surface area contributed by atoms with E-state index in [2.05, 4.69) is 22.4 Å². The predicted molar refractivity (Wildman–Crippen MR) is 117 cm³/mol. The van der Waals surface area contributed by atoms with Gasteiger partial charge in [-0.2, -0.15) is 0 Å². The van der Waals surface area contributed by atoms with Crippen LogP contribution in [-0.2, 0) is 27.1 Å². The summed E-state index contributed by atoms with van der Waals surface area (Å²) in [6, 6.07) is 9.83. The van der Waals surface area contributed by atoms with Crippen LogP contribution in [0, 0.1) is 0 Å². The molecule has 0 saturated carbocycles. The lowest BCUT2D eigenvalue weighted by atomic mass is 9.90. The molecule has 1 aromatic carbocycles. The third-order valence-corrected chi connectivity index (χ3v) is 6.70. The highest BCUT2D eigenvalue weighted by Gasteiger charge is 2.31. The molecule has 3 heterocycles. The Bertz CT molecular complexity index is 1180. The fourth-order valence-electron chi connectivity index (χ4n) is 4.09. The minimum Gasteiger partial charge on any atom is -0.493 e. The van der Waals surface area contributed by atoms with Gasteiger partial charge in [0.05, 0.1) is 20.3 Å². The Labute approximate surface area is 178 Å². The van der Waals surface area contributed by atoms with E-state index in [4.69, 9.17) is 9.47 Å². The number of thiophene rings is 1. The molecule has 0 saturated heterocycles. The van der Waals surface area contributed by atoms with Crippen LogP contribution in [0.3, 0.4) is 0 Å². The molecule has 0 aliphatic carbocycles. The number of hydrogen-bond acceptors (Lipinski definition) is 6. The molecule has 7 nitrogen and oxygen atoms in total. The van der Waals surface area contributed by atoms with E-state index in [9.17, 15) is 9.59 Å². The van der Waals surface area contributed by atoms with Crippen molar-refractivity contribution in [3.05, 3.63) is 78.2 Å². The second kappa shape index (κ2) is 8.12. The number of ether oxygens (including phenoxy) is 2. The Morgan fingerprint density at radius 1 is 1.07 bits per heavy atom. The monoisotopic (exact) mass is 427 g/mol. The number of rotatable bonds is 5. The Morgan fingerprint density at radius 2 is 1.80 bits per heavy atom. The highest BCUT2D eigenvalue weighted by molar-refractivity contribution is 7.10. The van der Waals surface area contributed by atoms with E-state index >= 15 is 0 Å². The van der Waals surface area contributed by atoms with E-state index in [1.165, 1.54) is 17.5 Å². The summed E-state index contributed by atoms with van der Waals surface area (Å²) in [5.41, 5.74) is 2.49. The first-order chi connectivity index (χ1) is 14.4. The molecule has 2 aromatic heterocycles. The summed E-state index contributed by atoms with van der Waals surface area (Å²) in [6.07, 6.45) is 0.844. The van der Waals surface area contributed by atoms with Crippen molar-refractivity contribution < 1.29 is 9.47 Å². The minimum absolute atomic E-state index is 0.00714. The molecule has 8 heteroatoms. The molecule has 1 aliphatic heterocycles. The van der Waals surface area contributed by atoms with Gasteiger partial charge in [0.2, 0.25) is 0 Å². The van der Waals surface area contributed by atoms with Gasteiger partial charge in [0.1, 0.15) is 0 Å². The van der Waals surface area contributed by atoms with Gasteiger partial charge < -0.3 is 9.47 Å². The molecule has 0 radical (unpaired) electrons. The number of hydrogen-bond donors (Lipinski definition) is 0. The van der Waals surface area contributed by atoms with Crippen LogP contribution < -0.4 is 20.7 Å². The molecule has 0 unspecified atom stereocenters. The fourth-order valence-corrected chi connectivity index (χ4v) is 4.96. The summed E-state index contributed by atoms with van der Waals surface area (Å²) in [5, 5.41) is 2.07. The molecule has 3 aromatic rings. The maximum absolute atomic E-state index is 12.4. The van der Waals surface area contributed by atoms with Crippen LogP contribution in [0.4, 0.5) is 0 Å². The second-order valence-electron chi connectivity index (χ2n) is 7.42. The molecule has 1 aliphatic rings. The van der Waals surface area contributed by atoms with Crippen LogP contribution in [-0.4, -0.2) is 34.8 Å². The maximum Gasteiger partial charge on any atom is 0.330 e. The van der Waals surface area contributed by atoms with E-state index in [0.29, 0.717) is 18.0 Å². The molecular weight excluding hydrogens is 402 g/mol. The van der Waals surface area contributed by atoms with Crippen molar-refractivity contribution in [2.75, 3.05) is 20.8 Å². The van der Waals surface area contributed by atoms with Gasteiger partial charge in [-0.1, -0.05) is 6.07 Å². The van der Waals surface area contributed by atoms with Crippen LogP contribution in [0.25, 0.3) is 0 Å². The van der Waals surface area contributed by atoms with Crippen LogP contribution >= 0.6 is 11.3 Å². The molecule has 30 heavy (non-hydrogen) atoms. The molecule has 4 rings (SSSR count). The molecule has 0 spiro atoms. The lowest BCUT2D eigenvalue weighted by Crippen LogP contribution is -2.41. The van der Waals surface area contributed by atoms with Gasteiger partial charge in [-0.05, 0) is 41.1 Å². The quantitative estimate of drug-likeness (QED) is 0.625. The summed E-state index contributed by atoms with van der Waals surface area (Å²) >= 11 is 1.70. The zero-order valence-corrected chi connectivity index (χ0v) is 18.4. The van der Waals surface area contributed by atoms with Crippen molar-refractivity contribution in [2.24, 2.45) is 14.1 Å². The number of benzene rings is 1. The number of methoxy groups -OCH3 is 2. The summed E-state index contributed by atoms with van der Waals surface area (Å²) in [4.78, 5) is 28.1. The Kier molecular flexibility index (Phi) is 5.53. The molecule has 0 N–H and O–H groups in total. The lowest BCUT2D eigenvalue weighted by Gasteiger charge is -2.37. The van der Waals surface area contributed by atoms with Crippen molar-refractivity contribution in [2.45, 2.75) is 19.0 Å². The van der Waals surface area contributed by atoms with E-state index in [1.807, 2.05) is 12.1 Å². The van der Waals surface area contributed by atoms with Crippen molar-refractivity contribution in [1.82, 2.24) is 14.0 Å². The number of aromatic nitrogens is 2. The first-order valence-corrected chi connectivity index (χ1v) is 10.6. The van der Waals surface area contributed by atoms with Crippen molar-refractivity contribution in [1.29, 1.82) is 0 Å². The third kappa shape index (κ3) is 3.46. The van der Waals surface area contributed by atoms with Crippen LogP contribution in [0.15, 0.2) is 45.3 Å². The summed E-state index contributed by atoms with van der Waals surface area (Å²) in [5.74, 6) is 1.42. The lowest BCUT2D eigenvalue weighted by molar-refractivity contribution is 0.200. The van der Waals surface area contributed by atoms with Gasteiger partial charge in [0.15, 0.2) is 11.5 Å². The van der Waals surface area contributed by atoms with Crippen molar-refractivity contribution in [3.8, 4) is 11.5 Å². The van der Waals surface area contributed by atoms with Gasteiger partial charge in [-0.3, -0.25) is 18.8 Å². The van der Waals surface area contributed by atoms with Gasteiger partial charge in [0.25, 0.3) is 5.56 Å². The highest BCUT2D eigenvalue weighted by atomic mass is 32.1. The van der Waals surface area contributed by atoms with Crippen LogP contribution in [0.2, 0.25) is 0 Å². The Hall–Kier alpha value is -2.84. The SMILES string of the molecule is COc1cc2c(cc1OC)[C@H](c1cccs1)N(Cc1cc(=O)n(C)c(=O)n1C)CC2. The third-order valence-electron chi connectivity index (χ3n) is 5.78. The Morgan fingerprint density at radius 3 is 2.47 bits per heavy atom. The average molecular weight is 428 g/mol. The zero-order chi connectivity index (χ0) is 21.4. The highest BCUT2D eigenvalue weighted by Crippen LogP contribution is 2.42. The van der Waals surface area contributed by atoms with Crippen molar-refractivity contribution >= 4 is 11.3 Å². The first kappa shape index (κ1) is 20.4. The van der Waals surface area contributed by atoms with E-state index in [1.54, 1.807) is 43.2 Å². The summed E-state index contributed by atoms with van der Waals surface area (Å²) in [6.45, 7) is 1.30. The summed E-state index contributed by atoms with van der Waals surface area (Å²) in [7, 11) is 6.50. The van der Waals surface area contributed by atoms with Crippen LogP contribution in [0.1, 0.15) is 27.7 Å². The second-order valence-corrected chi connectivity index (χ2v) is 8.40. The van der Waals surface area contributed by atoms with Gasteiger partial charge in [0, 0.05) is 43.8 Å². The number of nitrogens with zero attached hydrogens (tertiary/aromatic N) is 3. The largest absolute Gasteiger partial charge is 0.493 e. The molecule has 0 bridgehead atoms. The molecule has 1 atom stereocenters. The van der Waals surface area contributed by atoms with Gasteiger partial charge >= 0.3 is 5.69 Å².